The zero-order valence-corrected chi connectivity index (χ0v) is 17.6. The number of anilines is 1. The van der Waals surface area contributed by atoms with Gasteiger partial charge in [0.15, 0.2) is 5.69 Å². The van der Waals surface area contributed by atoms with Crippen molar-refractivity contribution < 1.29 is 4.79 Å². The highest BCUT2D eigenvalue weighted by atomic mass is 35.5. The lowest BCUT2D eigenvalue weighted by Crippen LogP contribution is -2.30. The molecule has 27 heavy (non-hydrogen) atoms. The van der Waals surface area contributed by atoms with Crippen LogP contribution in [0.1, 0.15) is 61.5 Å². The summed E-state index contributed by atoms with van der Waals surface area (Å²) in [5.74, 6) is 0.429. The SMILES string of the molecule is Cc1c(C(=O)Nc2cc(CC(C)(C)C)nn2C)nnn1C1CCNCC1.Cl. The second kappa shape index (κ2) is 8.39. The van der Waals surface area contributed by atoms with E-state index in [1.807, 2.05) is 24.7 Å². The number of nitrogens with one attached hydrogen (secondary N) is 2. The summed E-state index contributed by atoms with van der Waals surface area (Å²) in [7, 11) is 1.83. The van der Waals surface area contributed by atoms with Gasteiger partial charge in [-0.25, -0.2) is 4.68 Å². The number of hydrogen-bond acceptors (Lipinski definition) is 5. The van der Waals surface area contributed by atoms with Crippen molar-refractivity contribution in [3.63, 3.8) is 0 Å². The van der Waals surface area contributed by atoms with Crippen LogP contribution >= 0.6 is 12.4 Å². The van der Waals surface area contributed by atoms with E-state index in [0.717, 1.165) is 43.7 Å². The van der Waals surface area contributed by atoms with Crippen molar-refractivity contribution in [3.05, 3.63) is 23.1 Å². The molecule has 0 bridgehead atoms. The second-order valence-corrected chi connectivity index (χ2v) is 8.29. The van der Waals surface area contributed by atoms with Crippen molar-refractivity contribution in [2.75, 3.05) is 18.4 Å². The summed E-state index contributed by atoms with van der Waals surface area (Å²) >= 11 is 0. The fraction of sp³-hybridized carbons (Fsp3) is 0.667. The maximum Gasteiger partial charge on any atom is 0.279 e. The first kappa shape index (κ1) is 21.4. The van der Waals surface area contributed by atoms with Gasteiger partial charge < -0.3 is 10.6 Å². The molecule has 1 saturated heterocycles. The Morgan fingerprint density at radius 3 is 2.63 bits per heavy atom. The van der Waals surface area contributed by atoms with Crippen LogP contribution < -0.4 is 10.6 Å². The number of amides is 1. The zero-order chi connectivity index (χ0) is 18.9. The minimum absolute atomic E-state index is 0. The number of halogens is 1. The number of carbonyl (C=O) groups is 1. The van der Waals surface area contributed by atoms with Gasteiger partial charge in [-0.05, 0) is 44.7 Å². The van der Waals surface area contributed by atoms with Crippen molar-refractivity contribution in [1.29, 1.82) is 0 Å². The van der Waals surface area contributed by atoms with Crippen molar-refractivity contribution in [2.45, 2.75) is 53.0 Å². The van der Waals surface area contributed by atoms with Crippen molar-refractivity contribution in [1.82, 2.24) is 30.1 Å². The lowest BCUT2D eigenvalue weighted by Gasteiger charge is -2.23. The Morgan fingerprint density at radius 2 is 2.00 bits per heavy atom. The minimum Gasteiger partial charge on any atom is -0.317 e. The molecule has 150 valence electrons. The summed E-state index contributed by atoms with van der Waals surface area (Å²) < 4.78 is 3.59. The summed E-state index contributed by atoms with van der Waals surface area (Å²) in [6, 6.07) is 2.23. The number of nitrogens with zero attached hydrogens (tertiary/aromatic N) is 5. The quantitative estimate of drug-likeness (QED) is 0.830. The Balaban J connectivity index is 0.00000261. The summed E-state index contributed by atoms with van der Waals surface area (Å²) in [5, 5.41) is 19.1. The minimum atomic E-state index is -0.243. The molecule has 0 saturated carbocycles. The van der Waals surface area contributed by atoms with E-state index in [1.54, 1.807) is 4.68 Å². The third-order valence-electron chi connectivity index (χ3n) is 4.68. The van der Waals surface area contributed by atoms with Crippen LogP contribution in [0.3, 0.4) is 0 Å². The van der Waals surface area contributed by atoms with Gasteiger partial charge in [0.25, 0.3) is 5.91 Å². The van der Waals surface area contributed by atoms with Crippen LogP contribution in [0.15, 0.2) is 6.07 Å². The largest absolute Gasteiger partial charge is 0.317 e. The molecule has 1 amide bonds. The van der Waals surface area contributed by atoms with Gasteiger partial charge in [0, 0.05) is 13.1 Å². The van der Waals surface area contributed by atoms with Crippen LogP contribution in [0.4, 0.5) is 5.82 Å². The Hall–Kier alpha value is -1.93. The van der Waals surface area contributed by atoms with E-state index in [9.17, 15) is 4.79 Å². The summed E-state index contributed by atoms with van der Waals surface area (Å²) in [5.41, 5.74) is 2.29. The molecular weight excluding hydrogens is 366 g/mol. The standard InChI is InChI=1S/C18H29N7O.ClH/c1-12-16(21-23-25(12)14-6-8-19-9-7-14)17(26)20-15-10-13(22-24(15)5)11-18(2,3)4;/h10,14,19H,6-9,11H2,1-5H3,(H,20,26);1H. The predicted molar refractivity (Wildman–Crippen MR) is 107 cm³/mol. The molecule has 0 atom stereocenters. The average molecular weight is 396 g/mol. The zero-order valence-electron chi connectivity index (χ0n) is 16.7. The Kier molecular flexibility index (Phi) is 6.64. The van der Waals surface area contributed by atoms with E-state index in [0.29, 0.717) is 17.6 Å². The predicted octanol–water partition coefficient (Wildman–Crippen LogP) is 2.51. The fourth-order valence-corrected chi connectivity index (χ4v) is 3.40. The Labute approximate surface area is 166 Å². The molecule has 2 aromatic heterocycles. The lowest BCUT2D eigenvalue weighted by molar-refractivity contribution is 0.102. The number of aryl methyl sites for hydroxylation is 1. The molecule has 2 aromatic rings. The Morgan fingerprint density at radius 1 is 1.33 bits per heavy atom. The van der Waals surface area contributed by atoms with Gasteiger partial charge in [-0.3, -0.25) is 9.48 Å². The molecular formula is C18H30ClN7O. The Bertz CT molecular complexity index is 784. The second-order valence-electron chi connectivity index (χ2n) is 8.29. The molecule has 2 N–H and O–H groups in total. The smallest absolute Gasteiger partial charge is 0.279 e. The molecule has 0 unspecified atom stereocenters. The first-order chi connectivity index (χ1) is 12.2. The highest BCUT2D eigenvalue weighted by Gasteiger charge is 2.24. The molecule has 0 radical (unpaired) electrons. The van der Waals surface area contributed by atoms with Gasteiger partial charge in [0.05, 0.1) is 17.4 Å². The van der Waals surface area contributed by atoms with E-state index in [1.165, 1.54) is 0 Å². The topological polar surface area (TPSA) is 89.7 Å². The van der Waals surface area contributed by atoms with E-state index >= 15 is 0 Å². The van der Waals surface area contributed by atoms with Crippen LogP contribution in [0.2, 0.25) is 0 Å². The van der Waals surface area contributed by atoms with E-state index in [4.69, 9.17) is 0 Å². The molecule has 1 aliphatic heterocycles. The van der Waals surface area contributed by atoms with Gasteiger partial charge in [0.1, 0.15) is 5.82 Å². The highest BCUT2D eigenvalue weighted by molar-refractivity contribution is 6.03. The number of hydrogen-bond donors (Lipinski definition) is 2. The molecule has 3 rings (SSSR count). The number of carbonyl (C=O) groups excluding carboxylic acids is 1. The van der Waals surface area contributed by atoms with Crippen LogP contribution in [0.5, 0.6) is 0 Å². The van der Waals surface area contributed by atoms with Crippen molar-refractivity contribution >= 4 is 24.1 Å². The van der Waals surface area contributed by atoms with Crippen LogP contribution in [-0.2, 0) is 13.5 Å². The molecule has 1 fully saturated rings. The molecule has 0 aliphatic carbocycles. The maximum absolute atomic E-state index is 12.7. The fourth-order valence-electron chi connectivity index (χ4n) is 3.40. The molecule has 8 nitrogen and oxygen atoms in total. The average Bonchev–Trinajstić information content (AvgIpc) is 3.09. The highest BCUT2D eigenvalue weighted by Crippen LogP contribution is 2.23. The normalized spacial score (nSPS) is 15.4. The maximum atomic E-state index is 12.7. The van der Waals surface area contributed by atoms with E-state index in [-0.39, 0.29) is 23.7 Å². The molecule has 1 aliphatic rings. The van der Waals surface area contributed by atoms with Gasteiger partial charge in [-0.1, -0.05) is 26.0 Å². The van der Waals surface area contributed by atoms with Crippen molar-refractivity contribution in [3.8, 4) is 0 Å². The number of rotatable bonds is 4. The monoisotopic (exact) mass is 395 g/mol. The van der Waals surface area contributed by atoms with E-state index < -0.39 is 0 Å². The summed E-state index contributed by atoms with van der Waals surface area (Å²) in [4.78, 5) is 12.7. The van der Waals surface area contributed by atoms with Crippen LogP contribution in [-0.4, -0.2) is 43.8 Å². The molecule has 0 aromatic carbocycles. The number of piperidine rings is 1. The van der Waals surface area contributed by atoms with Gasteiger partial charge in [-0.15, -0.1) is 17.5 Å². The van der Waals surface area contributed by atoms with Gasteiger partial charge >= 0.3 is 0 Å². The third-order valence-corrected chi connectivity index (χ3v) is 4.68. The number of aromatic nitrogens is 5. The summed E-state index contributed by atoms with van der Waals surface area (Å²) in [6.07, 6.45) is 2.86. The van der Waals surface area contributed by atoms with Gasteiger partial charge in [0.2, 0.25) is 0 Å². The molecule has 3 heterocycles. The third kappa shape index (κ3) is 5.07. The molecule has 9 heteroatoms. The van der Waals surface area contributed by atoms with Crippen LogP contribution in [0.25, 0.3) is 0 Å². The van der Waals surface area contributed by atoms with Crippen LogP contribution in [0, 0.1) is 12.3 Å². The molecule has 0 spiro atoms. The first-order valence-corrected chi connectivity index (χ1v) is 9.21. The lowest BCUT2D eigenvalue weighted by atomic mass is 9.91. The first-order valence-electron chi connectivity index (χ1n) is 9.21. The van der Waals surface area contributed by atoms with Crippen molar-refractivity contribution in [2.24, 2.45) is 12.5 Å². The van der Waals surface area contributed by atoms with E-state index in [2.05, 4.69) is 46.8 Å². The summed E-state index contributed by atoms with van der Waals surface area (Å²) in [6.45, 7) is 10.4. The van der Waals surface area contributed by atoms with Gasteiger partial charge in [-0.2, -0.15) is 5.10 Å².